The molecule has 0 bridgehead atoms. The van der Waals surface area contributed by atoms with E-state index in [1.807, 2.05) is 0 Å². The Morgan fingerprint density at radius 1 is 1.28 bits per heavy atom. The summed E-state index contributed by atoms with van der Waals surface area (Å²) in [6.07, 6.45) is 0.802. The number of carbonyl (C=O) groups excluding carboxylic acids is 2. The Bertz CT molecular complexity index is 868. The van der Waals surface area contributed by atoms with Crippen molar-refractivity contribution in [1.29, 1.82) is 0 Å². The molecule has 0 spiro atoms. The van der Waals surface area contributed by atoms with Crippen LogP contribution in [0.4, 0.5) is 0 Å². The standard InChI is InChI=1S/C19H27BN3O7.2Na/c1-22(2)18(24)14-7-12(8-21-14)23-9-13(10-23)29-15-4-3-11-5-6-20(27,28)30-17(11)16(15)19(25)26;;/h3-4,12-14,21,27-28H,5-10H2,1-2H3,(H,25,26);;/q-1;2*+1/p-1/t12-,14-;;/m1../s1. The smallest absolute Gasteiger partial charge is 0.669 e. The number of aromatic carboxylic acids is 1. The van der Waals surface area contributed by atoms with Crippen molar-refractivity contribution in [1.82, 2.24) is 15.1 Å². The van der Waals surface area contributed by atoms with Crippen LogP contribution in [0.1, 0.15) is 22.3 Å². The number of fused-ring (bicyclic) bond motifs is 1. The van der Waals surface area contributed by atoms with Gasteiger partial charge in [0.1, 0.15) is 11.9 Å². The number of carboxylic acid groups (broad SMARTS) is 1. The van der Waals surface area contributed by atoms with E-state index in [-0.39, 0.29) is 107 Å². The van der Waals surface area contributed by atoms with Crippen LogP contribution in [0.5, 0.6) is 11.5 Å². The molecule has 3 N–H and O–H groups in total. The number of nitrogens with one attached hydrogen (secondary N) is 1. The Kier molecular flexibility index (Phi) is 9.54. The second-order valence-electron chi connectivity index (χ2n) is 8.51. The first-order chi connectivity index (χ1) is 14.1. The van der Waals surface area contributed by atoms with Gasteiger partial charge in [0.15, 0.2) is 0 Å². The van der Waals surface area contributed by atoms with Crippen LogP contribution in [0, 0.1) is 0 Å². The summed E-state index contributed by atoms with van der Waals surface area (Å²) in [4.78, 5) is 27.6. The van der Waals surface area contributed by atoms with E-state index in [0.717, 1.165) is 6.42 Å². The summed E-state index contributed by atoms with van der Waals surface area (Å²) < 4.78 is 11.0. The number of nitrogens with zero attached hydrogens (tertiary/aromatic N) is 2. The molecule has 0 aromatic heterocycles. The van der Waals surface area contributed by atoms with Crippen molar-refractivity contribution in [2.45, 2.75) is 37.3 Å². The molecule has 10 nitrogen and oxygen atoms in total. The van der Waals surface area contributed by atoms with Crippen molar-refractivity contribution < 1.29 is 93.2 Å². The molecule has 2 atom stereocenters. The van der Waals surface area contributed by atoms with Crippen molar-refractivity contribution in [2.75, 3.05) is 33.7 Å². The molecule has 3 heterocycles. The zero-order valence-electron chi connectivity index (χ0n) is 19.0. The molecule has 2 fully saturated rings. The first-order valence-electron chi connectivity index (χ1n) is 10.2. The van der Waals surface area contributed by atoms with E-state index in [1.54, 1.807) is 31.1 Å². The molecule has 1 aromatic carbocycles. The summed E-state index contributed by atoms with van der Waals surface area (Å²) in [5.74, 6) is -1.43. The van der Waals surface area contributed by atoms with Crippen molar-refractivity contribution in [3.05, 3.63) is 23.3 Å². The van der Waals surface area contributed by atoms with Crippen LogP contribution in [-0.2, 0) is 11.2 Å². The monoisotopic (exact) mass is 465 g/mol. The number of carboxylic acids is 1. The molecule has 13 heteroatoms. The van der Waals surface area contributed by atoms with Crippen LogP contribution in [0.15, 0.2) is 12.1 Å². The molecule has 4 rings (SSSR count). The van der Waals surface area contributed by atoms with E-state index in [2.05, 4.69) is 10.2 Å². The number of carbonyl (C=O) groups is 2. The quantitative estimate of drug-likeness (QED) is 0.363. The van der Waals surface area contributed by atoms with E-state index >= 15 is 0 Å². The number of benzene rings is 1. The normalized spacial score (nSPS) is 24.1. The summed E-state index contributed by atoms with van der Waals surface area (Å²) >= 11 is 0. The topological polar surface area (TPSA) is 135 Å². The van der Waals surface area contributed by atoms with Crippen molar-refractivity contribution in [3.8, 4) is 11.5 Å². The van der Waals surface area contributed by atoms with Gasteiger partial charge in [0.2, 0.25) is 5.91 Å². The number of ether oxygens (including phenoxy) is 1. The van der Waals surface area contributed by atoms with Crippen molar-refractivity contribution in [3.63, 3.8) is 0 Å². The molecule has 1 amide bonds. The second-order valence-corrected chi connectivity index (χ2v) is 8.51. The molecule has 3 aliphatic rings. The number of rotatable bonds is 5. The number of aryl methyl sites for hydroxylation is 1. The first kappa shape index (κ1) is 27.9. The van der Waals surface area contributed by atoms with E-state index in [4.69, 9.17) is 9.39 Å². The average molecular weight is 465 g/mol. The van der Waals surface area contributed by atoms with Gasteiger partial charge in [-0.15, -0.1) is 0 Å². The predicted molar refractivity (Wildman–Crippen MR) is 105 cm³/mol. The van der Waals surface area contributed by atoms with Crippen LogP contribution < -0.4 is 78.9 Å². The third-order valence-corrected chi connectivity index (χ3v) is 6.03. The van der Waals surface area contributed by atoms with Gasteiger partial charge < -0.3 is 39.6 Å². The Labute approximate surface area is 231 Å². The van der Waals surface area contributed by atoms with Gasteiger partial charge in [-0.2, -0.15) is 0 Å². The van der Waals surface area contributed by atoms with E-state index < -0.39 is 12.7 Å². The largest absolute Gasteiger partial charge is 1.00 e. The Hall–Kier alpha value is -0.335. The van der Waals surface area contributed by atoms with E-state index in [0.29, 0.717) is 31.6 Å². The molecule has 0 radical (unpaired) electrons. The van der Waals surface area contributed by atoms with Crippen molar-refractivity contribution in [2.24, 2.45) is 0 Å². The fourth-order valence-corrected chi connectivity index (χ4v) is 4.34. The summed E-state index contributed by atoms with van der Waals surface area (Å²) in [7, 11) is 3.47. The maximum atomic E-state index is 12.1. The average Bonchev–Trinajstić information content (AvgIpc) is 3.11. The Morgan fingerprint density at radius 2 is 1.97 bits per heavy atom. The molecule has 32 heavy (non-hydrogen) atoms. The zero-order valence-corrected chi connectivity index (χ0v) is 23.0. The zero-order chi connectivity index (χ0) is 21.6. The minimum Gasteiger partial charge on any atom is -0.669 e. The number of likely N-dealkylation sites (N-methyl/N-ethyl adjacent to an activating group) is 1. The Morgan fingerprint density at radius 3 is 2.59 bits per heavy atom. The molecule has 164 valence electrons. The van der Waals surface area contributed by atoms with Crippen LogP contribution in [-0.4, -0.2) is 90.4 Å². The van der Waals surface area contributed by atoms with Crippen LogP contribution >= 0.6 is 0 Å². The third kappa shape index (κ3) is 5.83. The number of amides is 1. The second kappa shape index (κ2) is 10.9. The molecule has 0 unspecified atom stereocenters. The number of likely N-dealkylation sites (tertiary alicyclic amines) is 1. The van der Waals surface area contributed by atoms with E-state index in [1.165, 1.54) is 0 Å². The van der Waals surface area contributed by atoms with Gasteiger partial charge in [0.05, 0.1) is 23.3 Å². The summed E-state index contributed by atoms with van der Waals surface area (Å²) in [6.45, 7) is -1.17. The van der Waals surface area contributed by atoms with Gasteiger partial charge >= 0.3 is 65.9 Å². The minimum atomic E-state index is -3.09. The van der Waals surface area contributed by atoms with E-state index in [9.17, 15) is 24.7 Å². The van der Waals surface area contributed by atoms with Gasteiger partial charge in [-0.3, -0.25) is 9.69 Å². The molecule has 0 aliphatic carbocycles. The molecular formula is C19H26BN3Na2O7. The number of hydrogen-bond acceptors (Lipinski definition) is 9. The molecule has 0 saturated carbocycles. The van der Waals surface area contributed by atoms with Gasteiger partial charge in [-0.25, -0.2) is 0 Å². The van der Waals surface area contributed by atoms with Gasteiger partial charge in [-0.05, 0) is 24.5 Å². The molecule has 1 aromatic rings. The summed E-state index contributed by atoms with van der Waals surface area (Å²) in [5, 5.41) is 34.6. The fraction of sp³-hybridized carbons (Fsp3) is 0.579. The van der Waals surface area contributed by atoms with Gasteiger partial charge in [-0.1, -0.05) is 12.4 Å². The summed E-state index contributed by atoms with van der Waals surface area (Å²) in [6, 6.07) is 3.27. The first-order valence-corrected chi connectivity index (χ1v) is 10.2. The molecule has 2 saturated heterocycles. The minimum absolute atomic E-state index is 0. The number of hydrogen-bond donors (Lipinski definition) is 3. The maximum Gasteiger partial charge on any atom is 1.00 e. The predicted octanol–water partition coefficient (Wildman–Crippen LogP) is -8.20. The fourth-order valence-electron chi connectivity index (χ4n) is 4.34. The maximum absolute atomic E-state index is 12.1. The van der Waals surface area contributed by atoms with Crippen molar-refractivity contribution >= 4 is 18.6 Å². The summed E-state index contributed by atoms with van der Waals surface area (Å²) in [5.41, 5.74) is 0.283. The van der Waals surface area contributed by atoms with Crippen LogP contribution in [0.3, 0.4) is 0 Å². The van der Waals surface area contributed by atoms with Gasteiger partial charge in [0, 0.05) is 39.8 Å². The third-order valence-electron chi connectivity index (χ3n) is 6.03. The SMILES string of the molecule is CN(C)C(=O)[C@H]1C[C@@H](N2CC(Oc3ccc4c(c3C(=O)[O-])O[B-](O)(O)CC4)C2)CN1.[Na+].[Na+]. The van der Waals surface area contributed by atoms with Crippen LogP contribution in [0.2, 0.25) is 6.32 Å². The Balaban J connectivity index is 0.00000181. The van der Waals surface area contributed by atoms with Crippen LogP contribution in [0.25, 0.3) is 0 Å². The van der Waals surface area contributed by atoms with Gasteiger partial charge in [0.25, 0.3) is 0 Å². The molecular weight excluding hydrogens is 439 g/mol. The molecule has 3 aliphatic heterocycles.